The molecule has 0 radical (unpaired) electrons. The molecule has 0 aliphatic carbocycles. The molecule has 2 amide bonds. The number of carbonyl (C=O) groups is 3. The van der Waals surface area contributed by atoms with Gasteiger partial charge in [-0.15, -0.1) is 0 Å². The molecular weight excluding hydrogens is 430 g/mol. The van der Waals surface area contributed by atoms with Crippen LogP contribution in [0.1, 0.15) is 24.5 Å². The number of aliphatic carboxylic acids is 1. The van der Waals surface area contributed by atoms with Gasteiger partial charge in [0.25, 0.3) is 5.91 Å². The van der Waals surface area contributed by atoms with Gasteiger partial charge < -0.3 is 19.7 Å². The third kappa shape index (κ3) is 3.83. The first-order chi connectivity index (χ1) is 16.4. The highest BCUT2D eigenvalue weighted by molar-refractivity contribution is 6.02. The molecule has 1 aromatic carbocycles. The van der Waals surface area contributed by atoms with Gasteiger partial charge in [0.15, 0.2) is 18.9 Å². The van der Waals surface area contributed by atoms with Crippen LogP contribution in [0.5, 0.6) is 0 Å². The van der Waals surface area contributed by atoms with E-state index in [4.69, 9.17) is 0 Å². The number of hydrogen-bond acceptors (Lipinski definition) is 4. The van der Waals surface area contributed by atoms with Crippen molar-refractivity contribution in [3.05, 3.63) is 89.4 Å². The lowest BCUT2D eigenvalue weighted by Gasteiger charge is -2.50. The van der Waals surface area contributed by atoms with Crippen LogP contribution in [0.25, 0.3) is 12.2 Å². The summed E-state index contributed by atoms with van der Waals surface area (Å²) in [7, 11) is 0. The number of carbonyl (C=O) groups excluding carboxylic acids is 3. The summed E-state index contributed by atoms with van der Waals surface area (Å²) < 4.78 is 2.04. The smallest absolute Gasteiger partial charge is 0.252 e. The van der Waals surface area contributed by atoms with Gasteiger partial charge in [-0.1, -0.05) is 42.5 Å². The first-order valence-electron chi connectivity index (χ1n) is 11.4. The summed E-state index contributed by atoms with van der Waals surface area (Å²) in [5.74, 6) is -1.83. The van der Waals surface area contributed by atoms with E-state index in [0.29, 0.717) is 25.1 Å². The average molecular weight is 456 g/mol. The normalized spacial score (nSPS) is 23.6. The average Bonchev–Trinajstić information content (AvgIpc) is 3.20. The minimum Gasteiger partial charge on any atom is -0.543 e. The van der Waals surface area contributed by atoms with Gasteiger partial charge in [-0.2, -0.15) is 0 Å². The van der Waals surface area contributed by atoms with E-state index >= 15 is 0 Å². The zero-order valence-electron chi connectivity index (χ0n) is 18.8. The summed E-state index contributed by atoms with van der Waals surface area (Å²) in [6.45, 7) is 2.60. The summed E-state index contributed by atoms with van der Waals surface area (Å²) in [6, 6.07) is 13.1. The molecule has 7 nitrogen and oxygen atoms in total. The number of aromatic nitrogens is 1. The predicted octanol–water partition coefficient (Wildman–Crippen LogP) is 1.17. The molecule has 2 aromatic rings. The number of carboxylic acid groups (broad SMARTS) is 1. The molecule has 0 saturated carbocycles. The highest BCUT2D eigenvalue weighted by Gasteiger charge is 2.62. The molecule has 0 N–H and O–H groups in total. The molecule has 172 valence electrons. The van der Waals surface area contributed by atoms with Crippen LogP contribution in [0, 0.1) is 5.92 Å². The standard InChI is InChI=1S/C27H25N3O4/c1-18(31)29-17-22-15-21(24(27(33)34)30-23(22)25(29)26(30)32)12-11-20-10-6-14-28(16-20)13-5-9-19-7-3-2-4-8-19/h2-12,14,16,22-23,25H,13,15,17H2,1H3/b9-5+,12-11+/t22?,23-,25?/m1/s1. The zero-order chi connectivity index (χ0) is 23.8. The highest BCUT2D eigenvalue weighted by Crippen LogP contribution is 2.47. The van der Waals surface area contributed by atoms with E-state index in [-0.39, 0.29) is 29.5 Å². The Bertz CT molecular complexity index is 1250. The lowest BCUT2D eigenvalue weighted by atomic mass is 9.79. The summed E-state index contributed by atoms with van der Waals surface area (Å²) in [6.07, 6.45) is 12.2. The lowest BCUT2D eigenvalue weighted by molar-refractivity contribution is -0.687. The SMILES string of the molecule is CC(=O)N1CC2CC(/C=C/c3ccc[n+](C/C=C/c4ccccc4)c3)=C(C(=O)[O-])N3C(=O)C1[C@@H]23. The molecule has 5 rings (SSSR count). The molecule has 2 saturated heterocycles. The van der Waals surface area contributed by atoms with Crippen LogP contribution in [0.4, 0.5) is 0 Å². The molecule has 0 bridgehead atoms. The monoisotopic (exact) mass is 455 g/mol. The Hall–Kier alpha value is -4.00. The maximum Gasteiger partial charge on any atom is 0.252 e. The van der Waals surface area contributed by atoms with E-state index in [1.165, 1.54) is 11.8 Å². The fraction of sp³-hybridized carbons (Fsp3) is 0.259. The molecule has 4 heterocycles. The molecule has 2 fully saturated rings. The van der Waals surface area contributed by atoms with Gasteiger partial charge in [-0.3, -0.25) is 9.59 Å². The summed E-state index contributed by atoms with van der Waals surface area (Å²) >= 11 is 0. The molecule has 7 heteroatoms. The number of amides is 2. The van der Waals surface area contributed by atoms with Crippen LogP contribution in [0.15, 0.2) is 78.3 Å². The van der Waals surface area contributed by atoms with Crippen LogP contribution in [-0.2, 0) is 20.9 Å². The summed E-state index contributed by atoms with van der Waals surface area (Å²) in [5.41, 5.74) is 2.53. The molecule has 34 heavy (non-hydrogen) atoms. The number of allylic oxidation sites excluding steroid dienone is 3. The second kappa shape index (κ2) is 8.74. The van der Waals surface area contributed by atoms with Crippen LogP contribution in [0.3, 0.4) is 0 Å². The first kappa shape index (κ1) is 21.8. The second-order valence-electron chi connectivity index (χ2n) is 8.92. The van der Waals surface area contributed by atoms with Gasteiger partial charge in [0, 0.05) is 31.0 Å². The van der Waals surface area contributed by atoms with Crippen molar-refractivity contribution in [3.8, 4) is 0 Å². The zero-order valence-corrected chi connectivity index (χ0v) is 18.8. The van der Waals surface area contributed by atoms with Crippen molar-refractivity contribution in [3.63, 3.8) is 0 Å². The highest BCUT2D eigenvalue weighted by atomic mass is 16.4. The van der Waals surface area contributed by atoms with Crippen molar-refractivity contribution in [2.24, 2.45) is 5.92 Å². The summed E-state index contributed by atoms with van der Waals surface area (Å²) in [4.78, 5) is 39.5. The van der Waals surface area contributed by atoms with E-state index in [1.54, 1.807) is 11.0 Å². The van der Waals surface area contributed by atoms with Gasteiger partial charge in [-0.05, 0) is 35.8 Å². The third-order valence-electron chi connectivity index (χ3n) is 6.77. The van der Waals surface area contributed by atoms with Crippen molar-refractivity contribution in [1.82, 2.24) is 9.80 Å². The van der Waals surface area contributed by atoms with Crippen LogP contribution >= 0.6 is 0 Å². The van der Waals surface area contributed by atoms with E-state index in [2.05, 4.69) is 12.2 Å². The number of β-lactam (4-membered cyclic amide) rings is 1. The molecule has 3 aliphatic heterocycles. The minimum absolute atomic E-state index is 0.0261. The Morgan fingerprint density at radius 1 is 1.09 bits per heavy atom. The van der Waals surface area contributed by atoms with Gasteiger partial charge in [0.1, 0.15) is 6.04 Å². The Balaban J connectivity index is 1.35. The maximum atomic E-state index is 12.7. The molecule has 2 unspecified atom stereocenters. The molecular formula is C27H25N3O4. The largest absolute Gasteiger partial charge is 0.543 e. The molecule has 3 atom stereocenters. The van der Waals surface area contributed by atoms with Crippen LogP contribution in [0.2, 0.25) is 0 Å². The number of likely N-dealkylation sites (tertiary alicyclic amines) is 1. The van der Waals surface area contributed by atoms with Crippen molar-refractivity contribution < 1.29 is 24.1 Å². The van der Waals surface area contributed by atoms with Gasteiger partial charge >= 0.3 is 0 Å². The van der Waals surface area contributed by atoms with E-state index in [1.807, 2.05) is 65.5 Å². The Kier molecular flexibility index (Phi) is 5.61. The van der Waals surface area contributed by atoms with Crippen LogP contribution in [-0.4, -0.2) is 46.2 Å². The number of hydrogen-bond donors (Lipinski definition) is 0. The number of benzene rings is 1. The van der Waals surface area contributed by atoms with Crippen LogP contribution < -0.4 is 9.67 Å². The van der Waals surface area contributed by atoms with Crippen molar-refractivity contribution in [2.45, 2.75) is 32.0 Å². The fourth-order valence-electron chi connectivity index (χ4n) is 5.26. The number of rotatable bonds is 6. The maximum absolute atomic E-state index is 12.7. The third-order valence-corrected chi connectivity index (χ3v) is 6.77. The first-order valence-corrected chi connectivity index (χ1v) is 11.4. The van der Waals surface area contributed by atoms with Crippen molar-refractivity contribution >= 4 is 29.9 Å². The fourth-order valence-corrected chi connectivity index (χ4v) is 5.26. The lowest BCUT2D eigenvalue weighted by Crippen LogP contribution is -2.69. The molecule has 1 aromatic heterocycles. The number of carboxylic acids is 1. The summed E-state index contributed by atoms with van der Waals surface area (Å²) in [5, 5.41) is 12.0. The minimum atomic E-state index is -1.36. The van der Waals surface area contributed by atoms with E-state index in [0.717, 1.165) is 11.1 Å². The van der Waals surface area contributed by atoms with Gasteiger partial charge in [-0.25, -0.2) is 4.57 Å². The predicted molar refractivity (Wildman–Crippen MR) is 123 cm³/mol. The quantitative estimate of drug-likeness (QED) is 0.484. The Labute approximate surface area is 197 Å². The number of nitrogens with zero attached hydrogens (tertiary/aromatic N) is 3. The topological polar surface area (TPSA) is 84.6 Å². The molecule has 0 spiro atoms. The van der Waals surface area contributed by atoms with Gasteiger partial charge in [0.05, 0.1) is 17.7 Å². The Morgan fingerprint density at radius 2 is 1.85 bits per heavy atom. The number of pyridine rings is 1. The van der Waals surface area contributed by atoms with E-state index in [9.17, 15) is 19.5 Å². The van der Waals surface area contributed by atoms with Gasteiger partial charge in [0.2, 0.25) is 5.91 Å². The molecule has 3 aliphatic rings. The Morgan fingerprint density at radius 3 is 2.59 bits per heavy atom. The second-order valence-corrected chi connectivity index (χ2v) is 8.92. The van der Waals surface area contributed by atoms with Crippen molar-refractivity contribution in [2.75, 3.05) is 6.54 Å². The van der Waals surface area contributed by atoms with E-state index < -0.39 is 12.0 Å². The van der Waals surface area contributed by atoms with Crippen molar-refractivity contribution in [1.29, 1.82) is 0 Å².